The Morgan fingerprint density at radius 1 is 1.39 bits per heavy atom. The first-order chi connectivity index (χ1) is 8.60. The molecule has 1 unspecified atom stereocenters. The Kier molecular flexibility index (Phi) is 4.06. The molecule has 102 valence electrons. The van der Waals surface area contributed by atoms with Gasteiger partial charge in [0.25, 0.3) is 0 Å². The highest BCUT2D eigenvalue weighted by atomic mass is 16.5. The molecule has 1 saturated heterocycles. The van der Waals surface area contributed by atoms with E-state index >= 15 is 0 Å². The largest absolute Gasteiger partial charge is 0.481 e. The van der Waals surface area contributed by atoms with Gasteiger partial charge in [-0.2, -0.15) is 0 Å². The Hall–Kier alpha value is -1.30. The van der Waals surface area contributed by atoms with Gasteiger partial charge in [-0.3, -0.25) is 4.79 Å². The second-order valence-electron chi connectivity index (χ2n) is 5.27. The van der Waals surface area contributed by atoms with Gasteiger partial charge >= 0.3 is 12.0 Å². The number of carbonyl (C=O) groups is 2. The molecular weight excluding hydrogens is 236 g/mol. The Balaban J connectivity index is 1.73. The maximum Gasteiger partial charge on any atom is 0.315 e. The summed E-state index contributed by atoms with van der Waals surface area (Å²) in [5.41, 5.74) is -0.526. The van der Waals surface area contributed by atoms with Gasteiger partial charge in [0, 0.05) is 19.1 Å². The van der Waals surface area contributed by atoms with E-state index in [1.807, 2.05) is 0 Å². The Morgan fingerprint density at radius 2 is 2.17 bits per heavy atom. The highest BCUT2D eigenvalue weighted by Crippen LogP contribution is 2.34. The summed E-state index contributed by atoms with van der Waals surface area (Å²) >= 11 is 0. The molecule has 6 heteroatoms. The molecule has 18 heavy (non-hydrogen) atoms. The van der Waals surface area contributed by atoms with Crippen molar-refractivity contribution in [2.75, 3.05) is 19.8 Å². The number of amides is 2. The van der Waals surface area contributed by atoms with E-state index in [9.17, 15) is 9.59 Å². The number of hydrogen-bond acceptors (Lipinski definition) is 3. The number of urea groups is 1. The van der Waals surface area contributed by atoms with Gasteiger partial charge in [0.1, 0.15) is 0 Å². The standard InChI is InChI=1S/C12H20N2O4/c15-10(16)6-12(3-1-4-12)14-11(17)13-7-9-2-5-18-8-9/h9H,1-8H2,(H,15,16)(H2,13,14,17). The van der Waals surface area contributed by atoms with Crippen LogP contribution in [0.25, 0.3) is 0 Å². The van der Waals surface area contributed by atoms with E-state index in [0.717, 1.165) is 32.3 Å². The third-order valence-electron chi connectivity index (χ3n) is 3.75. The Labute approximate surface area is 106 Å². The van der Waals surface area contributed by atoms with Crippen molar-refractivity contribution in [3.05, 3.63) is 0 Å². The molecule has 1 aliphatic carbocycles. The molecule has 1 heterocycles. The van der Waals surface area contributed by atoms with E-state index in [1.54, 1.807) is 0 Å². The molecule has 2 fully saturated rings. The molecule has 6 nitrogen and oxygen atoms in total. The third kappa shape index (κ3) is 3.35. The Morgan fingerprint density at radius 3 is 2.67 bits per heavy atom. The summed E-state index contributed by atoms with van der Waals surface area (Å²) < 4.78 is 5.23. The minimum Gasteiger partial charge on any atom is -0.481 e. The van der Waals surface area contributed by atoms with E-state index in [-0.39, 0.29) is 12.5 Å². The van der Waals surface area contributed by atoms with E-state index in [1.165, 1.54) is 0 Å². The highest BCUT2D eigenvalue weighted by molar-refractivity contribution is 5.77. The second-order valence-corrected chi connectivity index (χ2v) is 5.27. The van der Waals surface area contributed by atoms with E-state index < -0.39 is 11.5 Å². The quantitative estimate of drug-likeness (QED) is 0.676. The van der Waals surface area contributed by atoms with Gasteiger partial charge in [-0.25, -0.2) is 4.79 Å². The summed E-state index contributed by atoms with van der Waals surface area (Å²) in [6.45, 7) is 2.05. The zero-order valence-electron chi connectivity index (χ0n) is 10.4. The zero-order valence-corrected chi connectivity index (χ0v) is 10.4. The summed E-state index contributed by atoms with van der Waals surface area (Å²) in [6, 6.07) is -0.261. The van der Waals surface area contributed by atoms with Crippen LogP contribution in [0.5, 0.6) is 0 Å². The second kappa shape index (κ2) is 5.56. The van der Waals surface area contributed by atoms with Gasteiger partial charge < -0.3 is 20.5 Å². The van der Waals surface area contributed by atoms with Crippen molar-refractivity contribution < 1.29 is 19.4 Å². The van der Waals surface area contributed by atoms with Crippen molar-refractivity contribution >= 4 is 12.0 Å². The van der Waals surface area contributed by atoms with Gasteiger partial charge in [-0.1, -0.05) is 0 Å². The molecule has 0 spiro atoms. The molecule has 0 radical (unpaired) electrons. The normalized spacial score (nSPS) is 25.2. The average molecular weight is 256 g/mol. The first-order valence-electron chi connectivity index (χ1n) is 6.45. The number of ether oxygens (including phenoxy) is 1. The molecule has 0 aromatic heterocycles. The van der Waals surface area contributed by atoms with Crippen LogP contribution in [-0.2, 0) is 9.53 Å². The molecule has 3 N–H and O–H groups in total. The Bertz CT molecular complexity index is 322. The van der Waals surface area contributed by atoms with Crippen LogP contribution in [0.4, 0.5) is 4.79 Å². The maximum atomic E-state index is 11.7. The van der Waals surface area contributed by atoms with Gasteiger partial charge in [0.05, 0.1) is 18.6 Å². The van der Waals surface area contributed by atoms with Gasteiger partial charge in [0.15, 0.2) is 0 Å². The lowest BCUT2D eigenvalue weighted by atomic mass is 9.74. The highest BCUT2D eigenvalue weighted by Gasteiger charge is 2.40. The van der Waals surface area contributed by atoms with Crippen molar-refractivity contribution in [1.29, 1.82) is 0 Å². The lowest BCUT2D eigenvalue weighted by Gasteiger charge is -2.41. The first kappa shape index (κ1) is 13.1. The molecular formula is C12H20N2O4. The van der Waals surface area contributed by atoms with Gasteiger partial charge in [-0.05, 0) is 25.7 Å². The lowest BCUT2D eigenvalue weighted by Crippen LogP contribution is -2.57. The number of hydrogen-bond donors (Lipinski definition) is 3. The monoisotopic (exact) mass is 256 g/mol. The molecule has 0 aromatic carbocycles. The van der Waals surface area contributed by atoms with Crippen LogP contribution in [0.2, 0.25) is 0 Å². The summed E-state index contributed by atoms with van der Waals surface area (Å²) in [6.07, 6.45) is 3.45. The van der Waals surface area contributed by atoms with Crippen LogP contribution in [0.1, 0.15) is 32.1 Å². The van der Waals surface area contributed by atoms with Crippen LogP contribution in [0.3, 0.4) is 0 Å². The van der Waals surface area contributed by atoms with Gasteiger partial charge in [0.2, 0.25) is 0 Å². The number of carboxylic acid groups (broad SMARTS) is 1. The number of aliphatic carboxylic acids is 1. The first-order valence-corrected chi connectivity index (χ1v) is 6.45. The summed E-state index contributed by atoms with van der Waals surface area (Å²) in [5.74, 6) is -0.480. The van der Waals surface area contributed by atoms with Crippen LogP contribution in [0, 0.1) is 5.92 Å². The minimum atomic E-state index is -0.862. The predicted molar refractivity (Wildman–Crippen MR) is 64.3 cm³/mol. The number of rotatable bonds is 5. The maximum absolute atomic E-state index is 11.7. The summed E-state index contributed by atoms with van der Waals surface area (Å²) in [5, 5.41) is 14.5. The fourth-order valence-electron chi connectivity index (χ4n) is 2.51. The topological polar surface area (TPSA) is 87.7 Å². The van der Waals surface area contributed by atoms with Crippen LogP contribution >= 0.6 is 0 Å². The molecule has 0 aromatic rings. The van der Waals surface area contributed by atoms with Crippen LogP contribution in [-0.4, -0.2) is 42.4 Å². The molecule has 2 amide bonds. The van der Waals surface area contributed by atoms with E-state index in [4.69, 9.17) is 9.84 Å². The number of carbonyl (C=O) groups excluding carboxylic acids is 1. The molecule has 2 aliphatic rings. The van der Waals surface area contributed by atoms with Crippen molar-refractivity contribution in [2.45, 2.75) is 37.6 Å². The number of carboxylic acids is 1. The third-order valence-corrected chi connectivity index (χ3v) is 3.75. The molecule has 1 saturated carbocycles. The molecule has 0 bridgehead atoms. The predicted octanol–water partition coefficient (Wildman–Crippen LogP) is 0.719. The zero-order chi connectivity index (χ0) is 13.0. The van der Waals surface area contributed by atoms with Crippen molar-refractivity contribution in [1.82, 2.24) is 10.6 Å². The van der Waals surface area contributed by atoms with Crippen LogP contribution < -0.4 is 10.6 Å². The fraction of sp³-hybridized carbons (Fsp3) is 0.833. The van der Waals surface area contributed by atoms with E-state index in [2.05, 4.69) is 10.6 Å². The SMILES string of the molecule is O=C(O)CC1(NC(=O)NCC2CCOC2)CCC1. The number of nitrogens with one attached hydrogen (secondary N) is 2. The lowest BCUT2D eigenvalue weighted by molar-refractivity contribution is -0.139. The summed E-state index contributed by atoms with van der Waals surface area (Å²) in [7, 11) is 0. The average Bonchev–Trinajstić information content (AvgIpc) is 2.75. The summed E-state index contributed by atoms with van der Waals surface area (Å²) in [4.78, 5) is 22.5. The minimum absolute atomic E-state index is 0.00690. The van der Waals surface area contributed by atoms with Crippen LogP contribution in [0.15, 0.2) is 0 Å². The molecule has 1 atom stereocenters. The molecule has 1 aliphatic heterocycles. The van der Waals surface area contributed by atoms with Crippen molar-refractivity contribution in [3.63, 3.8) is 0 Å². The van der Waals surface area contributed by atoms with Gasteiger partial charge in [-0.15, -0.1) is 0 Å². The molecule has 2 rings (SSSR count). The fourth-order valence-corrected chi connectivity index (χ4v) is 2.51. The van der Waals surface area contributed by atoms with E-state index in [0.29, 0.717) is 19.1 Å². The van der Waals surface area contributed by atoms with Crippen molar-refractivity contribution in [3.8, 4) is 0 Å². The smallest absolute Gasteiger partial charge is 0.315 e. The van der Waals surface area contributed by atoms with Crippen molar-refractivity contribution in [2.24, 2.45) is 5.92 Å².